The Morgan fingerprint density at radius 2 is 1.32 bits per heavy atom. The number of carbonyl (C=O) groups excluding carboxylic acids is 4. The van der Waals surface area contributed by atoms with E-state index in [0.717, 1.165) is 5.56 Å². The molecule has 1 aromatic carbocycles. The van der Waals surface area contributed by atoms with Crippen LogP contribution in [-0.4, -0.2) is 48.5 Å². The summed E-state index contributed by atoms with van der Waals surface area (Å²) in [7, 11) is 0. The van der Waals surface area contributed by atoms with Gasteiger partial charge in [0.1, 0.15) is 11.9 Å². The summed E-state index contributed by atoms with van der Waals surface area (Å²) in [6.07, 6.45) is -3.70. The van der Waals surface area contributed by atoms with Gasteiger partial charge < -0.3 is 23.7 Å². The first-order valence-electron chi connectivity index (χ1n) is 8.60. The van der Waals surface area contributed by atoms with Crippen molar-refractivity contribution in [3.8, 4) is 5.75 Å². The molecule has 1 unspecified atom stereocenters. The molecule has 0 N–H and O–H groups in total. The van der Waals surface area contributed by atoms with Crippen molar-refractivity contribution < 1.29 is 42.9 Å². The highest BCUT2D eigenvalue weighted by atomic mass is 16.7. The number of hydrogen-bond acceptors (Lipinski definition) is 9. The highest BCUT2D eigenvalue weighted by molar-refractivity contribution is 5.69. The minimum atomic E-state index is -1.20. The van der Waals surface area contributed by atoms with Crippen LogP contribution in [0, 0.1) is 0 Å². The zero-order valence-corrected chi connectivity index (χ0v) is 16.0. The minimum Gasteiger partial charge on any atom is -0.456 e. The summed E-state index contributed by atoms with van der Waals surface area (Å²) in [5.74, 6) is -1.90. The van der Waals surface area contributed by atoms with Crippen molar-refractivity contribution in [3.63, 3.8) is 0 Å². The van der Waals surface area contributed by atoms with Gasteiger partial charge in [-0.1, -0.05) is 12.1 Å². The Morgan fingerprint density at radius 1 is 0.786 bits per heavy atom. The van der Waals surface area contributed by atoms with Gasteiger partial charge in [-0.25, -0.2) is 0 Å². The van der Waals surface area contributed by atoms with E-state index in [0.29, 0.717) is 5.75 Å². The average Bonchev–Trinajstić information content (AvgIpc) is 2.84. The molecule has 152 valence electrons. The average molecular weight is 394 g/mol. The zero-order chi connectivity index (χ0) is 20.8. The van der Waals surface area contributed by atoms with Crippen molar-refractivity contribution >= 4 is 23.9 Å². The number of esters is 4. The van der Waals surface area contributed by atoms with Crippen molar-refractivity contribution in [2.45, 2.75) is 58.7 Å². The summed E-state index contributed by atoms with van der Waals surface area (Å²) >= 11 is 0. The van der Waals surface area contributed by atoms with Gasteiger partial charge in [0.2, 0.25) is 12.4 Å². The maximum absolute atomic E-state index is 11.5. The molecule has 2 rings (SSSR count). The van der Waals surface area contributed by atoms with Crippen molar-refractivity contribution in [2.24, 2.45) is 0 Å². The highest BCUT2D eigenvalue weighted by Gasteiger charge is 2.50. The lowest BCUT2D eigenvalue weighted by Crippen LogP contribution is -2.41. The summed E-state index contributed by atoms with van der Waals surface area (Å²) in [5, 5.41) is 0. The Labute approximate surface area is 161 Å². The number of carbonyl (C=O) groups is 4. The van der Waals surface area contributed by atoms with Crippen LogP contribution < -0.4 is 4.74 Å². The molecule has 4 atom stereocenters. The zero-order valence-electron chi connectivity index (χ0n) is 16.0. The molecule has 1 saturated heterocycles. The molecular formula is C19H22O9. The van der Waals surface area contributed by atoms with E-state index in [-0.39, 0.29) is 6.42 Å². The Bertz CT molecular complexity index is 740. The molecule has 1 fully saturated rings. The smallest absolute Gasteiger partial charge is 0.308 e. The molecule has 0 aliphatic carbocycles. The quantitative estimate of drug-likeness (QED) is 0.400. The summed E-state index contributed by atoms with van der Waals surface area (Å²) in [6, 6.07) is 6.65. The van der Waals surface area contributed by atoms with Gasteiger partial charge in [-0.05, 0) is 17.7 Å². The fraction of sp³-hybridized carbons (Fsp3) is 0.474. The number of rotatable bonds is 6. The van der Waals surface area contributed by atoms with E-state index in [1.54, 1.807) is 24.3 Å². The van der Waals surface area contributed by atoms with Gasteiger partial charge in [-0.3, -0.25) is 19.2 Å². The van der Waals surface area contributed by atoms with Gasteiger partial charge in [0.05, 0.1) is 0 Å². The summed E-state index contributed by atoms with van der Waals surface area (Å²) in [6.45, 7) is 4.90. The molecule has 1 aliphatic heterocycles. The predicted octanol–water partition coefficient (Wildman–Crippen LogP) is 1.31. The first-order valence-corrected chi connectivity index (χ1v) is 8.60. The van der Waals surface area contributed by atoms with E-state index in [2.05, 4.69) is 0 Å². The van der Waals surface area contributed by atoms with Crippen LogP contribution in [-0.2, 0) is 44.5 Å². The maximum atomic E-state index is 11.5. The van der Waals surface area contributed by atoms with Crippen LogP contribution in [0.15, 0.2) is 24.3 Å². The second kappa shape index (κ2) is 9.32. The van der Waals surface area contributed by atoms with Crippen LogP contribution in [0.3, 0.4) is 0 Å². The Hall–Kier alpha value is -2.94. The Balaban J connectivity index is 2.21. The van der Waals surface area contributed by atoms with E-state index in [1.807, 2.05) is 0 Å². The summed E-state index contributed by atoms with van der Waals surface area (Å²) < 4.78 is 26.3. The van der Waals surface area contributed by atoms with Crippen LogP contribution >= 0.6 is 0 Å². The van der Waals surface area contributed by atoms with Crippen LogP contribution in [0.4, 0.5) is 0 Å². The van der Waals surface area contributed by atoms with Gasteiger partial charge in [-0.15, -0.1) is 0 Å². The van der Waals surface area contributed by atoms with E-state index in [1.165, 1.54) is 27.7 Å². The molecule has 0 radical (unpaired) electrons. The van der Waals surface area contributed by atoms with E-state index in [9.17, 15) is 19.2 Å². The van der Waals surface area contributed by atoms with E-state index >= 15 is 0 Å². The Morgan fingerprint density at radius 3 is 1.82 bits per heavy atom. The second-order valence-electron chi connectivity index (χ2n) is 6.24. The monoisotopic (exact) mass is 394 g/mol. The molecule has 9 nitrogen and oxygen atoms in total. The first-order chi connectivity index (χ1) is 13.2. The Kier molecular flexibility index (Phi) is 7.11. The molecule has 28 heavy (non-hydrogen) atoms. The van der Waals surface area contributed by atoms with Crippen LogP contribution in [0.25, 0.3) is 0 Å². The largest absolute Gasteiger partial charge is 0.456 e. The van der Waals surface area contributed by atoms with Gasteiger partial charge in [0.15, 0.2) is 6.10 Å². The predicted molar refractivity (Wildman–Crippen MR) is 93.0 cm³/mol. The fourth-order valence-corrected chi connectivity index (χ4v) is 2.86. The van der Waals surface area contributed by atoms with E-state index in [4.69, 9.17) is 23.7 Å². The fourth-order valence-electron chi connectivity index (χ4n) is 2.86. The summed E-state index contributed by atoms with van der Waals surface area (Å²) in [4.78, 5) is 45.3. The van der Waals surface area contributed by atoms with Gasteiger partial charge in [-0.2, -0.15) is 0 Å². The SMILES string of the molecule is CC(=O)Oc1ccc(C[C@H]2OC(OC(C)=O)[C@H](OC(C)=O)[C@H]2OC(C)=O)cc1. The van der Waals surface area contributed by atoms with Crippen molar-refractivity contribution in [2.75, 3.05) is 0 Å². The molecule has 1 aromatic rings. The first kappa shape index (κ1) is 21.4. The number of ether oxygens (including phenoxy) is 5. The topological polar surface area (TPSA) is 114 Å². The standard InChI is InChI=1S/C19H22O9/c1-10(20)24-15-7-5-14(6-8-15)9-16-17(25-11(2)21)18(26-12(3)22)19(28-16)27-13(4)23/h5-8,16-19H,9H2,1-4H3/t16-,17+,18-,19?/m1/s1. The van der Waals surface area contributed by atoms with Gasteiger partial charge >= 0.3 is 23.9 Å². The van der Waals surface area contributed by atoms with Crippen LogP contribution in [0.2, 0.25) is 0 Å². The van der Waals surface area contributed by atoms with Crippen LogP contribution in [0.1, 0.15) is 33.3 Å². The highest BCUT2D eigenvalue weighted by Crippen LogP contribution is 2.30. The molecule has 0 saturated carbocycles. The second-order valence-corrected chi connectivity index (χ2v) is 6.24. The molecular weight excluding hydrogens is 372 g/mol. The maximum Gasteiger partial charge on any atom is 0.308 e. The number of hydrogen-bond donors (Lipinski definition) is 0. The third-order valence-electron chi connectivity index (χ3n) is 3.78. The molecule has 1 aliphatic rings. The molecule has 0 spiro atoms. The van der Waals surface area contributed by atoms with Gasteiger partial charge in [0, 0.05) is 34.1 Å². The minimum absolute atomic E-state index is 0.272. The lowest BCUT2D eigenvalue weighted by molar-refractivity contribution is -0.195. The molecule has 0 bridgehead atoms. The summed E-state index contributed by atoms with van der Waals surface area (Å²) in [5.41, 5.74) is 0.781. The van der Waals surface area contributed by atoms with Gasteiger partial charge in [0.25, 0.3) is 0 Å². The van der Waals surface area contributed by atoms with Crippen molar-refractivity contribution in [1.82, 2.24) is 0 Å². The van der Waals surface area contributed by atoms with E-state index < -0.39 is 48.5 Å². The normalized spacial score (nSPS) is 23.6. The molecule has 0 aromatic heterocycles. The molecule has 9 heteroatoms. The third-order valence-corrected chi connectivity index (χ3v) is 3.78. The molecule has 0 amide bonds. The lowest BCUT2D eigenvalue weighted by Gasteiger charge is -2.23. The van der Waals surface area contributed by atoms with Crippen molar-refractivity contribution in [3.05, 3.63) is 29.8 Å². The lowest BCUT2D eigenvalue weighted by atomic mass is 10.0. The molecule has 1 heterocycles. The number of benzene rings is 1. The third kappa shape index (κ3) is 6.05. The van der Waals surface area contributed by atoms with Crippen molar-refractivity contribution in [1.29, 1.82) is 0 Å². The van der Waals surface area contributed by atoms with Crippen LogP contribution in [0.5, 0.6) is 5.75 Å².